The average Bonchev–Trinajstić information content (AvgIpc) is 2.84. The zero-order chi connectivity index (χ0) is 12.8. The summed E-state index contributed by atoms with van der Waals surface area (Å²) < 4.78 is 11.0. The Hall–Kier alpha value is -0.770. The monoisotopic (exact) mass is 269 g/mol. The maximum absolute atomic E-state index is 5.89. The van der Waals surface area contributed by atoms with Crippen LogP contribution in [0.2, 0.25) is 5.02 Å². The zero-order valence-electron chi connectivity index (χ0n) is 10.7. The fourth-order valence-corrected chi connectivity index (χ4v) is 2.29. The number of benzene rings is 1. The lowest BCUT2D eigenvalue weighted by Gasteiger charge is -2.11. The summed E-state index contributed by atoms with van der Waals surface area (Å²) in [6.45, 7) is 6.36. The van der Waals surface area contributed by atoms with E-state index in [0.717, 1.165) is 42.6 Å². The molecule has 1 saturated heterocycles. The third-order valence-corrected chi connectivity index (χ3v) is 3.37. The molecule has 1 aliphatic rings. The number of aryl methyl sites for hydroxylation is 1. The van der Waals surface area contributed by atoms with Gasteiger partial charge in [-0.1, -0.05) is 11.6 Å². The van der Waals surface area contributed by atoms with Crippen molar-refractivity contribution in [2.75, 3.05) is 32.9 Å². The van der Waals surface area contributed by atoms with Crippen LogP contribution in [-0.4, -0.2) is 32.9 Å². The number of nitrogens with one attached hydrogen (secondary N) is 1. The number of hydrogen-bond acceptors (Lipinski definition) is 3. The molecule has 1 fully saturated rings. The molecule has 4 heteroatoms. The first kappa shape index (κ1) is 13.7. The molecule has 1 aliphatic heterocycles. The fourth-order valence-electron chi connectivity index (χ4n) is 2.06. The largest absolute Gasteiger partial charge is 0.492 e. The predicted molar refractivity (Wildman–Crippen MR) is 73.5 cm³/mol. The van der Waals surface area contributed by atoms with Crippen molar-refractivity contribution in [1.82, 2.24) is 5.32 Å². The Morgan fingerprint density at radius 3 is 3.11 bits per heavy atom. The summed E-state index contributed by atoms with van der Waals surface area (Å²) in [5.74, 6) is 1.58. The molecule has 3 nitrogen and oxygen atoms in total. The van der Waals surface area contributed by atoms with Crippen LogP contribution in [0.25, 0.3) is 0 Å². The molecular formula is C14H20ClNO2. The quantitative estimate of drug-likeness (QED) is 0.806. The van der Waals surface area contributed by atoms with Gasteiger partial charge in [0.25, 0.3) is 0 Å². The summed E-state index contributed by atoms with van der Waals surface area (Å²) in [7, 11) is 0. The fraction of sp³-hybridized carbons (Fsp3) is 0.571. The van der Waals surface area contributed by atoms with E-state index in [9.17, 15) is 0 Å². The molecule has 0 spiro atoms. The normalized spacial score (nSPS) is 19.1. The minimum absolute atomic E-state index is 0.669. The van der Waals surface area contributed by atoms with Crippen LogP contribution < -0.4 is 10.1 Å². The molecule has 0 aromatic heterocycles. The molecule has 18 heavy (non-hydrogen) atoms. The molecule has 0 amide bonds. The minimum atomic E-state index is 0.669. The topological polar surface area (TPSA) is 30.5 Å². The Balaban J connectivity index is 1.62. The lowest BCUT2D eigenvalue weighted by Crippen LogP contribution is -2.27. The zero-order valence-corrected chi connectivity index (χ0v) is 11.5. The molecular weight excluding hydrogens is 250 g/mol. The van der Waals surface area contributed by atoms with Gasteiger partial charge in [-0.25, -0.2) is 0 Å². The molecule has 0 bridgehead atoms. The van der Waals surface area contributed by atoms with Crippen molar-refractivity contribution in [2.24, 2.45) is 5.92 Å². The van der Waals surface area contributed by atoms with E-state index in [1.165, 1.54) is 6.42 Å². The maximum Gasteiger partial charge on any atom is 0.122 e. The molecule has 100 valence electrons. The summed E-state index contributed by atoms with van der Waals surface area (Å²) in [5, 5.41) is 4.15. The Morgan fingerprint density at radius 2 is 2.39 bits per heavy atom. The number of halogens is 1. The van der Waals surface area contributed by atoms with E-state index in [1.54, 1.807) is 0 Å². The summed E-state index contributed by atoms with van der Waals surface area (Å²) in [4.78, 5) is 0. The van der Waals surface area contributed by atoms with E-state index in [1.807, 2.05) is 25.1 Å². The lowest BCUT2D eigenvalue weighted by molar-refractivity contribution is 0.185. The molecule has 0 radical (unpaired) electrons. The smallest absolute Gasteiger partial charge is 0.122 e. The predicted octanol–water partition coefficient (Wildman–Crippen LogP) is 2.65. The molecule has 1 aromatic carbocycles. The minimum Gasteiger partial charge on any atom is -0.492 e. The van der Waals surface area contributed by atoms with Crippen LogP contribution in [-0.2, 0) is 4.74 Å². The highest BCUT2D eigenvalue weighted by molar-refractivity contribution is 6.30. The van der Waals surface area contributed by atoms with Gasteiger partial charge in [-0.05, 0) is 43.0 Å². The van der Waals surface area contributed by atoms with E-state index in [0.29, 0.717) is 12.5 Å². The molecule has 0 saturated carbocycles. The lowest BCUT2D eigenvalue weighted by atomic mass is 10.1. The Kier molecular flexibility index (Phi) is 5.29. The summed E-state index contributed by atoms with van der Waals surface area (Å²) >= 11 is 5.89. The van der Waals surface area contributed by atoms with Crippen molar-refractivity contribution in [2.45, 2.75) is 13.3 Å². The average molecular weight is 270 g/mol. The second-order valence-electron chi connectivity index (χ2n) is 4.69. The molecule has 1 heterocycles. The van der Waals surface area contributed by atoms with Crippen molar-refractivity contribution in [3.05, 3.63) is 28.8 Å². The van der Waals surface area contributed by atoms with Crippen LogP contribution in [0.4, 0.5) is 0 Å². The highest BCUT2D eigenvalue weighted by Gasteiger charge is 2.14. The Labute approximate surface area is 113 Å². The van der Waals surface area contributed by atoms with E-state index in [2.05, 4.69) is 5.32 Å². The van der Waals surface area contributed by atoms with Crippen molar-refractivity contribution >= 4 is 11.6 Å². The van der Waals surface area contributed by atoms with Gasteiger partial charge in [-0.3, -0.25) is 0 Å². The molecule has 2 rings (SSSR count). The third-order valence-electron chi connectivity index (χ3n) is 3.13. The SMILES string of the molecule is Cc1cc(Cl)ccc1OCCNCC1CCOC1. The van der Waals surface area contributed by atoms with Gasteiger partial charge in [0.1, 0.15) is 12.4 Å². The van der Waals surface area contributed by atoms with Gasteiger partial charge >= 0.3 is 0 Å². The van der Waals surface area contributed by atoms with Crippen LogP contribution in [0.5, 0.6) is 5.75 Å². The van der Waals surface area contributed by atoms with Gasteiger partial charge in [-0.2, -0.15) is 0 Å². The van der Waals surface area contributed by atoms with Crippen LogP contribution in [0.15, 0.2) is 18.2 Å². The first-order valence-electron chi connectivity index (χ1n) is 6.43. The standard InChI is InChI=1S/C14H20ClNO2/c1-11-8-13(15)2-3-14(11)18-7-5-16-9-12-4-6-17-10-12/h2-3,8,12,16H,4-7,9-10H2,1H3. The highest BCUT2D eigenvalue weighted by atomic mass is 35.5. The highest BCUT2D eigenvalue weighted by Crippen LogP contribution is 2.21. The van der Waals surface area contributed by atoms with E-state index >= 15 is 0 Å². The molecule has 1 aromatic rings. The van der Waals surface area contributed by atoms with E-state index in [-0.39, 0.29) is 0 Å². The second-order valence-corrected chi connectivity index (χ2v) is 5.13. The van der Waals surface area contributed by atoms with Crippen LogP contribution in [0.3, 0.4) is 0 Å². The van der Waals surface area contributed by atoms with E-state index < -0.39 is 0 Å². The van der Waals surface area contributed by atoms with Gasteiger partial charge < -0.3 is 14.8 Å². The second kappa shape index (κ2) is 6.98. The summed E-state index contributed by atoms with van der Waals surface area (Å²) in [6.07, 6.45) is 1.17. The van der Waals surface area contributed by atoms with Crippen molar-refractivity contribution in [3.63, 3.8) is 0 Å². The van der Waals surface area contributed by atoms with Gasteiger partial charge in [0.05, 0.1) is 6.61 Å². The van der Waals surface area contributed by atoms with Gasteiger partial charge in [0, 0.05) is 24.7 Å². The van der Waals surface area contributed by atoms with E-state index in [4.69, 9.17) is 21.1 Å². The third kappa shape index (κ3) is 4.16. The summed E-state index contributed by atoms with van der Waals surface area (Å²) in [6, 6.07) is 5.69. The molecule has 1 N–H and O–H groups in total. The summed E-state index contributed by atoms with van der Waals surface area (Å²) in [5.41, 5.74) is 1.08. The van der Waals surface area contributed by atoms with Crippen molar-refractivity contribution < 1.29 is 9.47 Å². The number of hydrogen-bond donors (Lipinski definition) is 1. The van der Waals surface area contributed by atoms with Gasteiger partial charge in [0.2, 0.25) is 0 Å². The van der Waals surface area contributed by atoms with Crippen LogP contribution >= 0.6 is 11.6 Å². The first-order valence-corrected chi connectivity index (χ1v) is 6.81. The van der Waals surface area contributed by atoms with Gasteiger partial charge in [0.15, 0.2) is 0 Å². The van der Waals surface area contributed by atoms with Crippen molar-refractivity contribution in [3.8, 4) is 5.75 Å². The molecule has 0 aliphatic carbocycles. The maximum atomic E-state index is 5.89. The number of ether oxygens (including phenoxy) is 2. The van der Waals surface area contributed by atoms with Crippen molar-refractivity contribution in [1.29, 1.82) is 0 Å². The van der Waals surface area contributed by atoms with Gasteiger partial charge in [-0.15, -0.1) is 0 Å². The Morgan fingerprint density at radius 1 is 1.50 bits per heavy atom. The van der Waals surface area contributed by atoms with Crippen LogP contribution in [0, 0.1) is 12.8 Å². The van der Waals surface area contributed by atoms with Crippen LogP contribution in [0.1, 0.15) is 12.0 Å². The Bertz CT molecular complexity index is 378. The molecule has 1 atom stereocenters. The number of rotatable bonds is 6. The first-order chi connectivity index (χ1) is 8.75. The molecule has 1 unspecified atom stereocenters.